The van der Waals surface area contributed by atoms with Crippen LogP contribution in [0.4, 0.5) is 0 Å². The first-order valence-corrected chi connectivity index (χ1v) is 8.42. The molecule has 0 radical (unpaired) electrons. The molecule has 2 unspecified atom stereocenters. The van der Waals surface area contributed by atoms with E-state index in [1.54, 1.807) is 24.3 Å². The first kappa shape index (κ1) is 16.6. The predicted molar refractivity (Wildman–Crippen MR) is 89.8 cm³/mol. The normalized spacial score (nSPS) is 13.6. The highest BCUT2D eigenvalue weighted by molar-refractivity contribution is 7.79. The molecule has 2 atom stereocenters. The summed E-state index contributed by atoms with van der Waals surface area (Å²) in [7, 11) is 0. The predicted octanol–water partition coefficient (Wildman–Crippen LogP) is 3.80. The van der Waals surface area contributed by atoms with E-state index in [1.165, 1.54) is 0 Å². The number of aryl methyl sites for hydroxylation is 3. The van der Waals surface area contributed by atoms with Crippen molar-refractivity contribution in [3.8, 4) is 0 Å². The molecule has 0 aromatic heterocycles. The van der Waals surface area contributed by atoms with Gasteiger partial charge < -0.3 is 4.55 Å². The first-order valence-electron chi connectivity index (χ1n) is 7.14. The molecule has 0 spiro atoms. The summed E-state index contributed by atoms with van der Waals surface area (Å²) in [6, 6.07) is 13.0. The summed E-state index contributed by atoms with van der Waals surface area (Å²) in [4.78, 5) is 12.8. The van der Waals surface area contributed by atoms with Gasteiger partial charge in [0.25, 0.3) is 0 Å². The second-order valence-corrected chi connectivity index (χ2v) is 6.56. The third kappa shape index (κ3) is 3.70. The van der Waals surface area contributed by atoms with Gasteiger partial charge in [-0.25, -0.2) is 4.21 Å². The summed E-state index contributed by atoms with van der Waals surface area (Å²) in [5, 5.41) is 0. The number of hydrogen-bond donors (Lipinski definition) is 1. The Balaban J connectivity index is 2.52. The molecule has 0 amide bonds. The maximum absolute atomic E-state index is 12.8. The summed E-state index contributed by atoms with van der Waals surface area (Å²) in [5.41, 5.74) is 4.52. The third-order valence-corrected chi connectivity index (χ3v) is 4.39. The molecule has 2 aromatic carbocycles. The van der Waals surface area contributed by atoms with Crippen LogP contribution in [-0.2, 0) is 11.1 Å². The lowest BCUT2D eigenvalue weighted by atomic mass is 9.85. The zero-order chi connectivity index (χ0) is 16.3. The van der Waals surface area contributed by atoms with Crippen molar-refractivity contribution in [3.63, 3.8) is 0 Å². The number of carbonyl (C=O) groups is 1. The van der Waals surface area contributed by atoms with Crippen molar-refractivity contribution in [1.29, 1.82) is 0 Å². The van der Waals surface area contributed by atoms with Gasteiger partial charge in [-0.1, -0.05) is 48.0 Å². The van der Waals surface area contributed by atoms with Gasteiger partial charge in [0, 0.05) is 5.56 Å². The van der Waals surface area contributed by atoms with Gasteiger partial charge >= 0.3 is 0 Å². The van der Waals surface area contributed by atoms with Crippen LogP contribution < -0.4 is 0 Å². The molecule has 1 N–H and O–H groups in total. The molecular weight excluding hydrogens is 296 g/mol. The van der Waals surface area contributed by atoms with Gasteiger partial charge in [-0.2, -0.15) is 0 Å². The molecule has 0 saturated heterocycles. The maximum atomic E-state index is 12.8. The molecule has 116 valence electrons. The van der Waals surface area contributed by atoms with Crippen LogP contribution in [-0.4, -0.2) is 20.3 Å². The minimum absolute atomic E-state index is 0.0849. The molecule has 0 heterocycles. The quantitative estimate of drug-likeness (QED) is 0.674. The lowest BCUT2D eigenvalue weighted by Gasteiger charge is -2.20. The molecule has 0 aliphatic heterocycles. The van der Waals surface area contributed by atoms with Crippen LogP contribution in [0.2, 0.25) is 0 Å². The molecule has 0 aliphatic rings. The van der Waals surface area contributed by atoms with Crippen LogP contribution in [0, 0.1) is 20.8 Å². The Hall–Kier alpha value is -1.78. The van der Waals surface area contributed by atoms with Crippen LogP contribution in [0.1, 0.15) is 38.5 Å². The first-order chi connectivity index (χ1) is 10.4. The summed E-state index contributed by atoms with van der Waals surface area (Å²) >= 11 is -2.03. The fourth-order valence-electron chi connectivity index (χ4n) is 2.98. The van der Waals surface area contributed by atoms with E-state index in [4.69, 9.17) is 0 Å². The van der Waals surface area contributed by atoms with Gasteiger partial charge in [0.2, 0.25) is 0 Å². The van der Waals surface area contributed by atoms with Crippen LogP contribution in [0.25, 0.3) is 0 Å². The van der Waals surface area contributed by atoms with Gasteiger partial charge in [-0.3, -0.25) is 4.79 Å². The average molecular weight is 316 g/mol. The Kier molecular flexibility index (Phi) is 5.27. The number of carbonyl (C=O) groups excluding carboxylic acids is 1. The van der Waals surface area contributed by atoms with E-state index in [1.807, 2.05) is 39.0 Å². The fraction of sp³-hybridized carbons (Fsp3) is 0.278. The van der Waals surface area contributed by atoms with Crippen LogP contribution in [0.3, 0.4) is 0 Å². The van der Waals surface area contributed by atoms with E-state index < -0.39 is 17.0 Å². The van der Waals surface area contributed by atoms with Gasteiger partial charge in [-0.05, 0) is 37.5 Å². The topological polar surface area (TPSA) is 54.4 Å². The Morgan fingerprint density at radius 3 is 2.14 bits per heavy atom. The van der Waals surface area contributed by atoms with Crippen molar-refractivity contribution in [3.05, 3.63) is 70.3 Å². The fourth-order valence-corrected chi connectivity index (χ4v) is 3.58. The van der Waals surface area contributed by atoms with Crippen molar-refractivity contribution in [2.75, 3.05) is 5.75 Å². The van der Waals surface area contributed by atoms with Crippen LogP contribution in [0.5, 0.6) is 0 Å². The molecule has 2 rings (SSSR count). The van der Waals surface area contributed by atoms with Crippen molar-refractivity contribution in [1.82, 2.24) is 0 Å². The van der Waals surface area contributed by atoms with Crippen molar-refractivity contribution >= 4 is 16.9 Å². The molecule has 0 saturated carbocycles. The van der Waals surface area contributed by atoms with E-state index >= 15 is 0 Å². The minimum atomic E-state index is -2.03. The zero-order valence-electron chi connectivity index (χ0n) is 13.0. The van der Waals surface area contributed by atoms with Crippen molar-refractivity contribution in [2.24, 2.45) is 0 Å². The monoisotopic (exact) mass is 316 g/mol. The maximum Gasteiger partial charge on any atom is 0.171 e. The van der Waals surface area contributed by atoms with E-state index in [2.05, 4.69) is 0 Å². The number of rotatable bonds is 5. The highest BCUT2D eigenvalue weighted by Crippen LogP contribution is 2.29. The van der Waals surface area contributed by atoms with Crippen LogP contribution in [0.15, 0.2) is 42.5 Å². The number of ketones is 1. The molecule has 2 aromatic rings. The molecule has 0 aliphatic carbocycles. The van der Waals surface area contributed by atoms with Gasteiger partial charge in [0.05, 0.1) is 11.7 Å². The summed E-state index contributed by atoms with van der Waals surface area (Å²) in [5.74, 6) is -0.801. The summed E-state index contributed by atoms with van der Waals surface area (Å²) < 4.78 is 20.7. The lowest BCUT2D eigenvalue weighted by Crippen LogP contribution is -2.21. The van der Waals surface area contributed by atoms with Crippen LogP contribution >= 0.6 is 0 Å². The van der Waals surface area contributed by atoms with E-state index in [-0.39, 0.29) is 11.5 Å². The largest absolute Gasteiger partial charge is 0.306 e. The highest BCUT2D eigenvalue weighted by Gasteiger charge is 2.27. The SMILES string of the molecule is Cc1cc(C)c(C(CS(=O)O)C(=O)c2ccccc2)c(C)c1. The smallest absolute Gasteiger partial charge is 0.171 e. The number of Topliss-reactive ketones (excluding diaryl/α,β-unsaturated/α-hetero) is 1. The Morgan fingerprint density at radius 1 is 1.09 bits per heavy atom. The van der Waals surface area contributed by atoms with E-state index in [0.717, 1.165) is 22.3 Å². The second kappa shape index (κ2) is 6.99. The molecule has 22 heavy (non-hydrogen) atoms. The molecule has 0 bridgehead atoms. The Bertz CT molecular complexity index is 685. The van der Waals surface area contributed by atoms with Crippen molar-refractivity contribution in [2.45, 2.75) is 26.7 Å². The van der Waals surface area contributed by atoms with Gasteiger partial charge in [-0.15, -0.1) is 0 Å². The zero-order valence-corrected chi connectivity index (χ0v) is 13.8. The molecule has 3 nitrogen and oxygen atoms in total. The Labute approximate surface area is 133 Å². The second-order valence-electron chi connectivity index (χ2n) is 5.58. The van der Waals surface area contributed by atoms with Gasteiger partial charge in [0.1, 0.15) is 0 Å². The van der Waals surface area contributed by atoms with Gasteiger partial charge in [0.15, 0.2) is 16.9 Å². The summed E-state index contributed by atoms with van der Waals surface area (Å²) in [6.07, 6.45) is 0. The lowest BCUT2D eigenvalue weighted by molar-refractivity contribution is 0.0966. The average Bonchev–Trinajstić information content (AvgIpc) is 2.45. The number of hydrogen-bond acceptors (Lipinski definition) is 2. The molecular formula is C18H20O3S. The third-order valence-electron chi connectivity index (χ3n) is 3.77. The summed E-state index contributed by atoms with van der Waals surface area (Å²) in [6.45, 7) is 5.89. The molecule has 0 fully saturated rings. The number of benzene rings is 2. The minimum Gasteiger partial charge on any atom is -0.306 e. The van der Waals surface area contributed by atoms with E-state index in [9.17, 15) is 13.6 Å². The molecule has 4 heteroatoms. The Morgan fingerprint density at radius 2 is 1.64 bits per heavy atom. The highest BCUT2D eigenvalue weighted by atomic mass is 32.2. The standard InChI is InChI=1S/C18H20O3S/c1-12-9-13(2)17(14(3)10-12)16(11-22(20)21)18(19)15-7-5-4-6-8-15/h4-10,16H,11H2,1-3H3,(H,20,21). The van der Waals surface area contributed by atoms with E-state index in [0.29, 0.717) is 5.56 Å². The van der Waals surface area contributed by atoms with Crippen molar-refractivity contribution < 1.29 is 13.6 Å².